The summed E-state index contributed by atoms with van der Waals surface area (Å²) in [6.45, 7) is 2.63. The normalized spacial score (nSPS) is 17.2. The Kier molecular flexibility index (Phi) is 7.55. The van der Waals surface area contributed by atoms with E-state index in [-0.39, 0.29) is 23.6 Å². The molecule has 0 unspecified atom stereocenters. The number of hydrogen-bond donors (Lipinski definition) is 1. The second-order valence-electron chi connectivity index (χ2n) is 8.73. The molecular weight excluding hydrogens is 414 g/mol. The van der Waals surface area contributed by atoms with Gasteiger partial charge in [0.15, 0.2) is 0 Å². The van der Waals surface area contributed by atoms with Gasteiger partial charge in [0.25, 0.3) is 5.91 Å². The van der Waals surface area contributed by atoms with E-state index in [1.54, 1.807) is 23.1 Å². The highest BCUT2D eigenvalue weighted by Gasteiger charge is 2.28. The summed E-state index contributed by atoms with van der Waals surface area (Å²) >= 11 is 0. The number of amides is 3. The lowest BCUT2D eigenvalue weighted by Gasteiger charge is -2.31. The minimum absolute atomic E-state index is 0.0174. The first-order valence-corrected chi connectivity index (χ1v) is 11.8. The van der Waals surface area contributed by atoms with Crippen LogP contribution in [0.3, 0.4) is 0 Å². The van der Waals surface area contributed by atoms with Gasteiger partial charge in [0, 0.05) is 38.2 Å². The predicted octanol–water partition coefficient (Wildman–Crippen LogP) is 4.20. The molecule has 6 nitrogen and oxygen atoms in total. The molecule has 2 aliphatic heterocycles. The summed E-state index contributed by atoms with van der Waals surface area (Å²) < 4.78 is 0. The molecule has 1 N–H and O–H groups in total. The van der Waals surface area contributed by atoms with Gasteiger partial charge in [-0.15, -0.1) is 0 Å². The summed E-state index contributed by atoms with van der Waals surface area (Å²) in [5, 5.41) is 2.99. The molecule has 0 aromatic heterocycles. The Hall–Kier alpha value is -3.41. The Balaban J connectivity index is 1.32. The molecule has 0 spiro atoms. The van der Waals surface area contributed by atoms with Crippen molar-refractivity contribution in [1.29, 1.82) is 0 Å². The van der Waals surface area contributed by atoms with Gasteiger partial charge < -0.3 is 15.1 Å². The van der Waals surface area contributed by atoms with Crippen LogP contribution in [0.5, 0.6) is 0 Å². The quantitative estimate of drug-likeness (QED) is 0.701. The number of nitrogens with one attached hydrogen (secondary N) is 1. The first kappa shape index (κ1) is 22.8. The van der Waals surface area contributed by atoms with Gasteiger partial charge in [0.05, 0.1) is 11.3 Å². The van der Waals surface area contributed by atoms with Crippen LogP contribution in [-0.4, -0.2) is 53.7 Å². The van der Waals surface area contributed by atoms with Crippen LogP contribution in [0.4, 0.5) is 5.69 Å². The van der Waals surface area contributed by atoms with Crippen molar-refractivity contribution in [3.63, 3.8) is 0 Å². The van der Waals surface area contributed by atoms with Crippen LogP contribution in [-0.2, 0) is 9.59 Å². The van der Waals surface area contributed by atoms with Crippen LogP contribution >= 0.6 is 0 Å². The van der Waals surface area contributed by atoms with Gasteiger partial charge in [-0.1, -0.05) is 42.5 Å². The van der Waals surface area contributed by atoms with Gasteiger partial charge in [-0.05, 0) is 55.9 Å². The molecule has 0 bridgehead atoms. The fraction of sp³-hybridized carbons (Fsp3) is 0.370. The smallest absolute Gasteiger partial charge is 0.255 e. The maximum atomic E-state index is 13.0. The molecule has 0 atom stereocenters. The van der Waals surface area contributed by atoms with E-state index in [0.29, 0.717) is 37.2 Å². The number of rotatable bonds is 5. The molecule has 2 saturated heterocycles. The number of nitrogens with zero attached hydrogens (tertiary/aromatic N) is 2. The van der Waals surface area contributed by atoms with Gasteiger partial charge in [-0.25, -0.2) is 0 Å². The fourth-order valence-electron chi connectivity index (χ4n) is 4.48. The molecule has 0 aliphatic carbocycles. The molecule has 0 saturated carbocycles. The van der Waals surface area contributed by atoms with Crippen molar-refractivity contribution in [2.75, 3.05) is 31.5 Å². The van der Waals surface area contributed by atoms with Crippen LogP contribution < -0.4 is 5.32 Å². The molecule has 2 aromatic rings. The lowest BCUT2D eigenvalue weighted by Crippen LogP contribution is -2.41. The third-order valence-corrected chi connectivity index (χ3v) is 6.45. The van der Waals surface area contributed by atoms with Crippen LogP contribution in [0, 0.1) is 5.92 Å². The number of anilines is 1. The third-order valence-electron chi connectivity index (χ3n) is 6.45. The standard InChI is InChI=1S/C27H31N3O3/c31-25(14-13-21-9-3-1-4-10-21)29-19-15-22(16-20-29)26(32)28-24-12-6-5-11-23(24)27(33)30-17-7-2-8-18-30/h1,3-6,9-14,22H,2,7-8,15-20H2,(H,28,32)/b14-13+. The van der Waals surface area contributed by atoms with E-state index in [2.05, 4.69) is 5.32 Å². The van der Waals surface area contributed by atoms with Crippen molar-refractivity contribution in [2.45, 2.75) is 32.1 Å². The zero-order valence-electron chi connectivity index (χ0n) is 18.9. The summed E-state index contributed by atoms with van der Waals surface area (Å²) in [5.74, 6) is -0.308. The highest BCUT2D eigenvalue weighted by Crippen LogP contribution is 2.23. The highest BCUT2D eigenvalue weighted by atomic mass is 16.2. The van der Waals surface area contributed by atoms with Gasteiger partial charge in [0.1, 0.15) is 0 Å². The summed E-state index contributed by atoms with van der Waals surface area (Å²) in [6, 6.07) is 17.0. The molecule has 33 heavy (non-hydrogen) atoms. The van der Waals surface area contributed by atoms with Crippen LogP contribution in [0.15, 0.2) is 60.7 Å². The average Bonchev–Trinajstić information content (AvgIpc) is 2.88. The van der Waals surface area contributed by atoms with Crippen molar-refractivity contribution in [2.24, 2.45) is 5.92 Å². The van der Waals surface area contributed by atoms with E-state index < -0.39 is 0 Å². The van der Waals surface area contributed by atoms with Gasteiger partial charge in [-0.2, -0.15) is 0 Å². The molecule has 4 rings (SSSR count). The molecule has 172 valence electrons. The van der Waals surface area contributed by atoms with Gasteiger partial charge in [0.2, 0.25) is 11.8 Å². The van der Waals surface area contributed by atoms with Crippen LogP contribution in [0.2, 0.25) is 0 Å². The van der Waals surface area contributed by atoms with Crippen molar-refractivity contribution in [1.82, 2.24) is 9.80 Å². The van der Waals surface area contributed by atoms with E-state index in [1.807, 2.05) is 53.4 Å². The first-order chi connectivity index (χ1) is 16.1. The zero-order chi connectivity index (χ0) is 23.0. The number of carbonyl (C=O) groups is 3. The lowest BCUT2D eigenvalue weighted by molar-refractivity contribution is -0.130. The van der Waals surface area contributed by atoms with Crippen molar-refractivity contribution >= 4 is 29.5 Å². The van der Waals surface area contributed by atoms with Gasteiger partial charge in [-0.3, -0.25) is 14.4 Å². The second kappa shape index (κ2) is 10.9. The molecule has 2 heterocycles. The Morgan fingerprint density at radius 3 is 2.18 bits per heavy atom. The second-order valence-corrected chi connectivity index (χ2v) is 8.73. The van der Waals surface area contributed by atoms with E-state index in [9.17, 15) is 14.4 Å². The number of piperidine rings is 2. The molecule has 6 heteroatoms. The SMILES string of the molecule is O=C(Nc1ccccc1C(=O)N1CCCCC1)C1CCN(C(=O)/C=C/c2ccccc2)CC1. The van der Waals surface area contributed by atoms with Gasteiger partial charge >= 0.3 is 0 Å². The minimum Gasteiger partial charge on any atom is -0.339 e. The molecule has 0 radical (unpaired) electrons. The summed E-state index contributed by atoms with van der Waals surface area (Å²) in [5.41, 5.74) is 2.10. The van der Waals surface area contributed by atoms with Crippen molar-refractivity contribution in [3.8, 4) is 0 Å². The number of para-hydroxylation sites is 1. The van der Waals surface area contributed by atoms with E-state index >= 15 is 0 Å². The number of likely N-dealkylation sites (tertiary alicyclic amines) is 2. The first-order valence-electron chi connectivity index (χ1n) is 11.8. The van der Waals surface area contributed by atoms with Crippen LogP contribution in [0.25, 0.3) is 6.08 Å². The Morgan fingerprint density at radius 2 is 1.45 bits per heavy atom. The number of carbonyl (C=O) groups excluding carboxylic acids is 3. The fourth-order valence-corrected chi connectivity index (χ4v) is 4.48. The minimum atomic E-state index is -0.176. The maximum Gasteiger partial charge on any atom is 0.255 e. The molecule has 2 fully saturated rings. The van der Waals surface area contributed by atoms with Crippen LogP contribution in [0.1, 0.15) is 48.0 Å². The molecular formula is C27H31N3O3. The third kappa shape index (κ3) is 5.89. The van der Waals surface area contributed by atoms with E-state index in [4.69, 9.17) is 0 Å². The zero-order valence-corrected chi connectivity index (χ0v) is 18.9. The van der Waals surface area contributed by atoms with Crippen molar-refractivity contribution in [3.05, 3.63) is 71.8 Å². The molecule has 2 aliphatic rings. The Morgan fingerprint density at radius 1 is 0.788 bits per heavy atom. The molecule has 3 amide bonds. The topological polar surface area (TPSA) is 69.7 Å². The number of benzene rings is 2. The predicted molar refractivity (Wildman–Crippen MR) is 130 cm³/mol. The average molecular weight is 446 g/mol. The van der Waals surface area contributed by atoms with E-state index in [1.165, 1.54) is 0 Å². The monoisotopic (exact) mass is 445 g/mol. The largest absolute Gasteiger partial charge is 0.339 e. The Labute approximate surface area is 195 Å². The number of hydrogen-bond acceptors (Lipinski definition) is 3. The maximum absolute atomic E-state index is 13.0. The Bertz CT molecular complexity index is 1000. The summed E-state index contributed by atoms with van der Waals surface area (Å²) in [4.78, 5) is 42.1. The van der Waals surface area contributed by atoms with Crippen molar-refractivity contribution < 1.29 is 14.4 Å². The lowest BCUT2D eigenvalue weighted by atomic mass is 9.95. The van der Waals surface area contributed by atoms with E-state index in [0.717, 1.165) is 37.9 Å². The summed E-state index contributed by atoms with van der Waals surface area (Å²) in [7, 11) is 0. The molecule has 2 aromatic carbocycles. The highest BCUT2D eigenvalue weighted by molar-refractivity contribution is 6.04. The summed E-state index contributed by atoms with van der Waals surface area (Å²) in [6.07, 6.45) is 7.84.